The summed E-state index contributed by atoms with van der Waals surface area (Å²) in [5.74, 6) is 0. The quantitative estimate of drug-likeness (QED) is 0.775. The number of fused-ring (bicyclic) bond motifs is 1. The van der Waals surface area contributed by atoms with Gasteiger partial charge in [-0.25, -0.2) is 0 Å². The first kappa shape index (κ1) is 12.8. The summed E-state index contributed by atoms with van der Waals surface area (Å²) in [6.45, 7) is 0. The lowest BCUT2D eigenvalue weighted by Crippen LogP contribution is -2.11. The molecule has 2 N–H and O–H groups in total. The average Bonchev–Trinajstić information content (AvgIpc) is 2.53. The Morgan fingerprint density at radius 2 is 1.65 bits per heavy atom. The predicted molar refractivity (Wildman–Crippen MR) is 83.4 cm³/mol. The van der Waals surface area contributed by atoms with Gasteiger partial charge in [0.05, 0.1) is 0 Å². The van der Waals surface area contributed by atoms with Crippen molar-refractivity contribution in [3.8, 4) is 0 Å². The van der Waals surface area contributed by atoms with Crippen molar-refractivity contribution in [3.63, 3.8) is 0 Å². The van der Waals surface area contributed by atoms with Gasteiger partial charge in [-0.3, -0.25) is 4.98 Å². The Kier molecular flexibility index (Phi) is 3.75. The molecule has 2 aromatic carbocycles. The third kappa shape index (κ3) is 2.70. The van der Waals surface area contributed by atoms with E-state index >= 15 is 0 Å². The molecule has 1 atom stereocenters. The lowest BCUT2D eigenvalue weighted by Gasteiger charge is -2.12. The molecule has 0 spiro atoms. The van der Waals surface area contributed by atoms with Crippen LogP contribution in [-0.4, -0.2) is 4.98 Å². The number of nitrogens with zero attached hydrogens (tertiary/aromatic N) is 1. The van der Waals surface area contributed by atoms with E-state index in [1.165, 1.54) is 21.9 Å². The van der Waals surface area contributed by atoms with E-state index < -0.39 is 0 Å². The van der Waals surface area contributed by atoms with E-state index in [0.29, 0.717) is 0 Å². The van der Waals surface area contributed by atoms with Crippen molar-refractivity contribution in [3.05, 3.63) is 78.1 Å². The predicted octanol–water partition coefficient (Wildman–Crippen LogP) is 3.87. The fraction of sp³-hybridized carbons (Fsp3) is 0.167. The van der Waals surface area contributed by atoms with Gasteiger partial charge in [-0.15, -0.1) is 0 Å². The molecular formula is C18H18N2. The Labute approximate surface area is 119 Å². The van der Waals surface area contributed by atoms with Crippen LogP contribution >= 0.6 is 0 Å². The smallest absolute Gasteiger partial charge is 0.0346 e. The van der Waals surface area contributed by atoms with Crippen molar-refractivity contribution in [1.29, 1.82) is 0 Å². The Hall–Kier alpha value is -2.19. The minimum absolute atomic E-state index is 0.0789. The standard InChI is InChI=1S/C18H18N2/c19-18(14-6-2-1-3-7-14)11-10-16-13-20-12-15-8-4-5-9-17(15)16/h1-9,12-13,18H,10-11,19H2. The van der Waals surface area contributed by atoms with Gasteiger partial charge in [-0.2, -0.15) is 0 Å². The average molecular weight is 262 g/mol. The van der Waals surface area contributed by atoms with Gasteiger partial charge in [0, 0.05) is 23.8 Å². The largest absolute Gasteiger partial charge is 0.324 e. The van der Waals surface area contributed by atoms with Crippen LogP contribution in [0.25, 0.3) is 10.8 Å². The van der Waals surface area contributed by atoms with Gasteiger partial charge in [0.1, 0.15) is 0 Å². The summed E-state index contributed by atoms with van der Waals surface area (Å²) in [6, 6.07) is 18.7. The molecule has 3 aromatic rings. The summed E-state index contributed by atoms with van der Waals surface area (Å²) >= 11 is 0. The number of pyridine rings is 1. The lowest BCUT2D eigenvalue weighted by atomic mass is 9.98. The zero-order chi connectivity index (χ0) is 13.8. The molecule has 0 amide bonds. The van der Waals surface area contributed by atoms with Gasteiger partial charge in [0.25, 0.3) is 0 Å². The van der Waals surface area contributed by atoms with E-state index in [1.54, 1.807) is 0 Å². The summed E-state index contributed by atoms with van der Waals surface area (Å²) < 4.78 is 0. The van der Waals surface area contributed by atoms with E-state index in [4.69, 9.17) is 5.73 Å². The minimum Gasteiger partial charge on any atom is -0.324 e. The first-order valence-electron chi connectivity index (χ1n) is 6.97. The highest BCUT2D eigenvalue weighted by atomic mass is 14.6. The third-order valence-corrected chi connectivity index (χ3v) is 3.70. The Morgan fingerprint density at radius 3 is 2.50 bits per heavy atom. The monoisotopic (exact) mass is 262 g/mol. The van der Waals surface area contributed by atoms with Crippen LogP contribution in [0.3, 0.4) is 0 Å². The SMILES string of the molecule is NC(CCc1cncc2ccccc12)c1ccccc1. The molecule has 1 heterocycles. The number of aryl methyl sites for hydroxylation is 1. The maximum absolute atomic E-state index is 6.27. The first-order chi connectivity index (χ1) is 9.84. The van der Waals surface area contributed by atoms with Crippen molar-refractivity contribution in [2.45, 2.75) is 18.9 Å². The van der Waals surface area contributed by atoms with Gasteiger partial charge in [-0.05, 0) is 29.4 Å². The molecular weight excluding hydrogens is 244 g/mol. The number of hydrogen-bond donors (Lipinski definition) is 1. The van der Waals surface area contributed by atoms with Crippen LogP contribution in [0, 0.1) is 0 Å². The normalized spacial score (nSPS) is 12.4. The van der Waals surface area contributed by atoms with Crippen molar-refractivity contribution in [2.24, 2.45) is 5.73 Å². The molecule has 1 aromatic heterocycles. The molecule has 0 aliphatic rings. The Bertz CT molecular complexity index is 687. The van der Waals surface area contributed by atoms with Gasteiger partial charge in [-0.1, -0.05) is 54.6 Å². The lowest BCUT2D eigenvalue weighted by molar-refractivity contribution is 0.652. The fourth-order valence-corrected chi connectivity index (χ4v) is 2.56. The summed E-state index contributed by atoms with van der Waals surface area (Å²) in [7, 11) is 0. The summed E-state index contributed by atoms with van der Waals surface area (Å²) in [5.41, 5.74) is 8.73. The second-order valence-electron chi connectivity index (χ2n) is 5.08. The summed E-state index contributed by atoms with van der Waals surface area (Å²) in [4.78, 5) is 4.32. The highest BCUT2D eigenvalue weighted by Gasteiger charge is 2.07. The van der Waals surface area contributed by atoms with Crippen LogP contribution in [0.2, 0.25) is 0 Å². The number of rotatable bonds is 4. The number of benzene rings is 2. The van der Waals surface area contributed by atoms with Crippen molar-refractivity contribution in [1.82, 2.24) is 4.98 Å². The molecule has 2 heteroatoms. The zero-order valence-electron chi connectivity index (χ0n) is 11.4. The highest BCUT2D eigenvalue weighted by molar-refractivity contribution is 5.84. The molecule has 0 saturated carbocycles. The van der Waals surface area contributed by atoms with E-state index in [2.05, 4.69) is 35.3 Å². The Balaban J connectivity index is 1.77. The number of hydrogen-bond acceptors (Lipinski definition) is 2. The molecule has 0 aliphatic heterocycles. The van der Waals surface area contributed by atoms with Crippen LogP contribution in [0.15, 0.2) is 67.0 Å². The highest BCUT2D eigenvalue weighted by Crippen LogP contribution is 2.21. The maximum atomic E-state index is 6.27. The molecule has 0 bridgehead atoms. The fourth-order valence-electron chi connectivity index (χ4n) is 2.56. The summed E-state index contributed by atoms with van der Waals surface area (Å²) in [5, 5.41) is 2.47. The molecule has 0 fully saturated rings. The van der Waals surface area contributed by atoms with E-state index in [1.807, 2.05) is 36.7 Å². The van der Waals surface area contributed by atoms with Crippen LogP contribution in [0.1, 0.15) is 23.6 Å². The van der Waals surface area contributed by atoms with Gasteiger partial charge in [0.2, 0.25) is 0 Å². The van der Waals surface area contributed by atoms with Crippen LogP contribution in [0.4, 0.5) is 0 Å². The van der Waals surface area contributed by atoms with E-state index in [-0.39, 0.29) is 6.04 Å². The van der Waals surface area contributed by atoms with E-state index in [9.17, 15) is 0 Å². The molecule has 0 saturated heterocycles. The van der Waals surface area contributed by atoms with Crippen LogP contribution in [0.5, 0.6) is 0 Å². The molecule has 3 rings (SSSR count). The van der Waals surface area contributed by atoms with Gasteiger partial charge >= 0.3 is 0 Å². The topological polar surface area (TPSA) is 38.9 Å². The number of aromatic nitrogens is 1. The van der Waals surface area contributed by atoms with Crippen LogP contribution < -0.4 is 5.73 Å². The zero-order valence-corrected chi connectivity index (χ0v) is 11.4. The first-order valence-corrected chi connectivity index (χ1v) is 6.97. The molecule has 20 heavy (non-hydrogen) atoms. The third-order valence-electron chi connectivity index (χ3n) is 3.70. The van der Waals surface area contributed by atoms with Gasteiger partial charge in [0.15, 0.2) is 0 Å². The molecule has 0 radical (unpaired) electrons. The van der Waals surface area contributed by atoms with Crippen LogP contribution in [-0.2, 0) is 6.42 Å². The second-order valence-corrected chi connectivity index (χ2v) is 5.08. The molecule has 2 nitrogen and oxygen atoms in total. The van der Waals surface area contributed by atoms with Crippen molar-refractivity contribution in [2.75, 3.05) is 0 Å². The van der Waals surface area contributed by atoms with Crippen molar-refractivity contribution < 1.29 is 0 Å². The molecule has 0 aliphatic carbocycles. The Morgan fingerprint density at radius 1 is 0.900 bits per heavy atom. The molecule has 100 valence electrons. The molecule has 1 unspecified atom stereocenters. The maximum Gasteiger partial charge on any atom is 0.0346 e. The van der Waals surface area contributed by atoms with Gasteiger partial charge < -0.3 is 5.73 Å². The number of nitrogens with two attached hydrogens (primary N) is 1. The summed E-state index contributed by atoms with van der Waals surface area (Å²) in [6.07, 6.45) is 5.75. The second kappa shape index (κ2) is 5.85. The minimum atomic E-state index is 0.0789. The van der Waals surface area contributed by atoms with E-state index in [0.717, 1.165) is 12.8 Å². The van der Waals surface area contributed by atoms with Crippen molar-refractivity contribution >= 4 is 10.8 Å².